The van der Waals surface area contributed by atoms with Crippen LogP contribution >= 0.6 is 11.3 Å². The Bertz CT molecular complexity index is 1160. The number of imide groups is 1. The van der Waals surface area contributed by atoms with Crippen LogP contribution in [0.1, 0.15) is 4.88 Å². The van der Waals surface area contributed by atoms with Crippen LogP contribution < -0.4 is 15.1 Å². The second kappa shape index (κ2) is 7.72. The standard InChI is InChI=1S/C22H17F2N3O2S/c1-26(2)14-6-8-15(9-7-14)27-21(28)19(18-4-3-11-30-18)20(22(27)29)25-13-5-10-16(23)17(24)12-13/h3-12,25H,1-2H3. The molecule has 30 heavy (non-hydrogen) atoms. The van der Waals surface area contributed by atoms with Crippen LogP contribution in [0.4, 0.5) is 25.8 Å². The van der Waals surface area contributed by atoms with Crippen LogP contribution in [0.25, 0.3) is 5.57 Å². The van der Waals surface area contributed by atoms with Crippen molar-refractivity contribution in [2.24, 2.45) is 0 Å². The van der Waals surface area contributed by atoms with E-state index in [1.54, 1.807) is 29.6 Å². The molecule has 8 heteroatoms. The van der Waals surface area contributed by atoms with Gasteiger partial charge in [-0.1, -0.05) is 6.07 Å². The summed E-state index contributed by atoms with van der Waals surface area (Å²) >= 11 is 1.31. The van der Waals surface area contributed by atoms with E-state index in [1.165, 1.54) is 17.4 Å². The molecule has 0 saturated carbocycles. The van der Waals surface area contributed by atoms with Crippen LogP contribution in [0.15, 0.2) is 65.7 Å². The van der Waals surface area contributed by atoms with E-state index in [9.17, 15) is 18.4 Å². The third-order valence-corrected chi connectivity index (χ3v) is 5.55. The van der Waals surface area contributed by atoms with Crippen LogP contribution in [-0.4, -0.2) is 25.9 Å². The smallest absolute Gasteiger partial charge is 0.282 e. The molecule has 2 heterocycles. The Morgan fingerprint density at radius 1 is 0.933 bits per heavy atom. The number of hydrogen-bond acceptors (Lipinski definition) is 5. The summed E-state index contributed by atoms with van der Waals surface area (Å²) in [5.41, 5.74) is 1.72. The van der Waals surface area contributed by atoms with Crippen LogP contribution in [-0.2, 0) is 9.59 Å². The molecule has 0 aliphatic carbocycles. The van der Waals surface area contributed by atoms with Crippen molar-refractivity contribution < 1.29 is 18.4 Å². The second-order valence-electron chi connectivity index (χ2n) is 6.84. The zero-order chi connectivity index (χ0) is 21.4. The van der Waals surface area contributed by atoms with Gasteiger partial charge in [-0.05, 0) is 47.8 Å². The maximum atomic E-state index is 13.6. The van der Waals surface area contributed by atoms with Gasteiger partial charge in [0.15, 0.2) is 11.6 Å². The van der Waals surface area contributed by atoms with Crippen LogP contribution in [0, 0.1) is 11.6 Å². The normalized spacial score (nSPS) is 13.9. The highest BCUT2D eigenvalue weighted by molar-refractivity contribution is 7.11. The van der Waals surface area contributed by atoms with Crippen molar-refractivity contribution >= 4 is 45.8 Å². The van der Waals surface area contributed by atoms with Gasteiger partial charge in [0.2, 0.25) is 0 Å². The van der Waals surface area contributed by atoms with Crippen LogP contribution in [0.2, 0.25) is 0 Å². The van der Waals surface area contributed by atoms with Gasteiger partial charge in [0.1, 0.15) is 5.70 Å². The third-order valence-electron chi connectivity index (χ3n) is 4.66. The second-order valence-corrected chi connectivity index (χ2v) is 7.79. The SMILES string of the molecule is CN(C)c1ccc(N2C(=O)C(Nc3ccc(F)c(F)c3)=C(c3cccs3)C2=O)cc1. The Kier molecular flexibility index (Phi) is 5.09. The lowest BCUT2D eigenvalue weighted by molar-refractivity contribution is -0.120. The van der Waals surface area contributed by atoms with Gasteiger partial charge in [0.05, 0.1) is 11.3 Å². The summed E-state index contributed by atoms with van der Waals surface area (Å²) in [7, 11) is 3.78. The summed E-state index contributed by atoms with van der Waals surface area (Å²) in [4.78, 5) is 30.0. The Morgan fingerprint density at radius 3 is 2.27 bits per heavy atom. The topological polar surface area (TPSA) is 52.6 Å². The van der Waals surface area contributed by atoms with Crippen molar-refractivity contribution in [3.05, 3.63) is 82.2 Å². The van der Waals surface area contributed by atoms with Crippen molar-refractivity contribution in [2.75, 3.05) is 29.2 Å². The summed E-state index contributed by atoms with van der Waals surface area (Å²) in [6, 6.07) is 13.7. The number of amides is 2. The summed E-state index contributed by atoms with van der Waals surface area (Å²) in [6.07, 6.45) is 0. The average molecular weight is 425 g/mol. The molecule has 0 saturated heterocycles. The van der Waals surface area contributed by atoms with Crippen LogP contribution in [0.5, 0.6) is 0 Å². The molecular formula is C22H17F2N3O2S. The third kappa shape index (κ3) is 3.46. The number of anilines is 3. The van der Waals surface area contributed by atoms with E-state index < -0.39 is 23.4 Å². The molecule has 0 atom stereocenters. The molecule has 1 aliphatic rings. The molecule has 0 radical (unpaired) electrons. The molecule has 4 rings (SSSR count). The van der Waals surface area contributed by atoms with Gasteiger partial charge < -0.3 is 10.2 Å². The minimum atomic E-state index is -1.05. The molecule has 3 aromatic rings. The number of rotatable bonds is 5. The van der Waals surface area contributed by atoms with E-state index in [4.69, 9.17) is 0 Å². The van der Waals surface area contributed by atoms with Gasteiger partial charge in [-0.15, -0.1) is 11.3 Å². The first-order chi connectivity index (χ1) is 14.4. The lowest BCUT2D eigenvalue weighted by Crippen LogP contribution is -2.32. The van der Waals surface area contributed by atoms with E-state index in [0.29, 0.717) is 10.6 Å². The number of thiophene rings is 1. The Labute approximate surface area is 175 Å². The average Bonchev–Trinajstić information content (AvgIpc) is 3.32. The van der Waals surface area contributed by atoms with Gasteiger partial charge in [-0.25, -0.2) is 13.7 Å². The molecule has 1 aromatic heterocycles. The number of nitrogens with zero attached hydrogens (tertiary/aromatic N) is 2. The van der Waals surface area contributed by atoms with Crippen molar-refractivity contribution in [1.29, 1.82) is 0 Å². The number of halogens is 2. The summed E-state index contributed by atoms with van der Waals surface area (Å²) < 4.78 is 26.9. The van der Waals surface area contributed by atoms with E-state index in [-0.39, 0.29) is 17.0 Å². The first-order valence-electron chi connectivity index (χ1n) is 9.03. The number of nitrogens with one attached hydrogen (secondary N) is 1. The predicted molar refractivity (Wildman–Crippen MR) is 114 cm³/mol. The summed E-state index contributed by atoms with van der Waals surface area (Å²) in [5.74, 6) is -3.09. The first kappa shape index (κ1) is 19.8. The maximum absolute atomic E-state index is 13.6. The molecule has 152 valence electrons. The molecule has 2 amide bonds. The van der Waals surface area contributed by atoms with E-state index in [1.807, 2.05) is 31.1 Å². The lowest BCUT2D eigenvalue weighted by atomic mass is 10.2. The van der Waals surface area contributed by atoms with Crippen molar-refractivity contribution in [3.8, 4) is 0 Å². The van der Waals surface area contributed by atoms with Gasteiger partial charge in [0, 0.05) is 36.4 Å². The Morgan fingerprint density at radius 2 is 1.67 bits per heavy atom. The highest BCUT2D eigenvalue weighted by Gasteiger charge is 2.40. The first-order valence-corrected chi connectivity index (χ1v) is 9.91. The fraction of sp³-hybridized carbons (Fsp3) is 0.0909. The molecule has 2 aromatic carbocycles. The van der Waals surface area contributed by atoms with Crippen molar-refractivity contribution in [3.63, 3.8) is 0 Å². The fourth-order valence-corrected chi connectivity index (χ4v) is 3.92. The molecule has 0 fully saturated rings. The largest absolute Gasteiger partial charge is 0.378 e. The minimum absolute atomic E-state index is 0.0187. The van der Waals surface area contributed by atoms with E-state index >= 15 is 0 Å². The molecule has 1 N–H and O–H groups in total. The minimum Gasteiger partial charge on any atom is -0.378 e. The molecular weight excluding hydrogens is 408 g/mol. The predicted octanol–water partition coefficient (Wildman–Crippen LogP) is 4.49. The van der Waals surface area contributed by atoms with Gasteiger partial charge in [0.25, 0.3) is 11.8 Å². The van der Waals surface area contributed by atoms with Gasteiger partial charge in [-0.2, -0.15) is 0 Å². The summed E-state index contributed by atoms with van der Waals surface area (Å²) in [5, 5.41) is 4.61. The molecule has 5 nitrogen and oxygen atoms in total. The maximum Gasteiger partial charge on any atom is 0.282 e. The Hall–Kier alpha value is -3.52. The highest BCUT2D eigenvalue weighted by Crippen LogP contribution is 2.36. The molecule has 0 spiro atoms. The lowest BCUT2D eigenvalue weighted by Gasteiger charge is -2.18. The van der Waals surface area contributed by atoms with Crippen molar-refractivity contribution in [1.82, 2.24) is 0 Å². The summed E-state index contributed by atoms with van der Waals surface area (Å²) in [6.45, 7) is 0. The number of benzene rings is 2. The molecule has 1 aliphatic heterocycles. The fourth-order valence-electron chi connectivity index (χ4n) is 3.15. The molecule has 0 unspecified atom stereocenters. The zero-order valence-electron chi connectivity index (χ0n) is 16.1. The zero-order valence-corrected chi connectivity index (χ0v) is 17.0. The quantitative estimate of drug-likeness (QED) is 0.612. The van der Waals surface area contributed by atoms with E-state index in [2.05, 4.69) is 5.32 Å². The van der Waals surface area contributed by atoms with Crippen LogP contribution in [0.3, 0.4) is 0 Å². The van der Waals surface area contributed by atoms with Gasteiger partial charge >= 0.3 is 0 Å². The highest BCUT2D eigenvalue weighted by atomic mass is 32.1. The molecule has 0 bridgehead atoms. The number of carbonyl (C=O) groups excluding carboxylic acids is 2. The Balaban J connectivity index is 1.75. The monoisotopic (exact) mass is 425 g/mol. The van der Waals surface area contributed by atoms with Gasteiger partial charge in [-0.3, -0.25) is 9.59 Å². The number of hydrogen-bond donors (Lipinski definition) is 1. The van der Waals surface area contributed by atoms with Crippen molar-refractivity contribution in [2.45, 2.75) is 0 Å². The number of carbonyl (C=O) groups is 2. The van der Waals surface area contributed by atoms with E-state index in [0.717, 1.165) is 22.7 Å².